The fourth-order valence-corrected chi connectivity index (χ4v) is 1.73. The van der Waals surface area contributed by atoms with E-state index in [1.54, 1.807) is 0 Å². The zero-order valence-corrected chi connectivity index (χ0v) is 10.5. The number of allylic oxidation sites excluding steroid dienone is 2. The van der Waals surface area contributed by atoms with Gasteiger partial charge in [0, 0.05) is 6.20 Å². The molecule has 0 radical (unpaired) electrons. The third-order valence-corrected chi connectivity index (χ3v) is 3.07. The van der Waals surface area contributed by atoms with Crippen LogP contribution in [0, 0.1) is 5.82 Å². The van der Waals surface area contributed by atoms with Crippen molar-refractivity contribution in [2.45, 2.75) is 0 Å². The maximum absolute atomic E-state index is 13.0. The summed E-state index contributed by atoms with van der Waals surface area (Å²) in [6, 6.07) is 3.99. The first-order valence-electron chi connectivity index (χ1n) is 4.46. The zero-order chi connectivity index (χ0) is 12.6. The highest BCUT2D eigenvalue weighted by molar-refractivity contribution is 6.44. The Hall–Kier alpha value is -0.940. The zero-order valence-electron chi connectivity index (χ0n) is 8.24. The number of nitrogens with zero attached hydrogens (tertiary/aromatic N) is 2. The highest BCUT2D eigenvalue weighted by Crippen LogP contribution is 2.30. The molecule has 17 heavy (non-hydrogen) atoms. The molecule has 0 aliphatic carbocycles. The van der Waals surface area contributed by atoms with Gasteiger partial charge >= 0.3 is 0 Å². The fraction of sp³-hybridized carbons (Fsp3) is 0. The summed E-state index contributed by atoms with van der Waals surface area (Å²) in [5.74, 6) is -0.541. The van der Waals surface area contributed by atoms with Gasteiger partial charge in [0.05, 0.1) is 27.0 Å². The molecule has 1 heterocycles. The van der Waals surface area contributed by atoms with Crippen LogP contribution in [0.2, 0.25) is 5.02 Å². The Morgan fingerprint density at radius 2 is 1.71 bits per heavy atom. The molecule has 3 nitrogen and oxygen atoms in total. The first kappa shape index (κ1) is 12.5. The van der Waals surface area contributed by atoms with Gasteiger partial charge in [0.1, 0.15) is 5.82 Å². The Morgan fingerprint density at radius 1 is 1.06 bits per heavy atom. The van der Waals surface area contributed by atoms with Crippen molar-refractivity contribution in [3.63, 3.8) is 0 Å². The van der Waals surface area contributed by atoms with Gasteiger partial charge in [-0.05, 0) is 18.2 Å². The van der Waals surface area contributed by atoms with Gasteiger partial charge in [-0.25, -0.2) is 9.40 Å². The van der Waals surface area contributed by atoms with Crippen molar-refractivity contribution < 1.29 is 9.60 Å². The minimum absolute atomic E-state index is 0.0546. The number of hydrazine groups is 1. The van der Waals surface area contributed by atoms with E-state index in [2.05, 4.69) is 0 Å². The van der Waals surface area contributed by atoms with E-state index in [9.17, 15) is 9.60 Å². The summed E-state index contributed by atoms with van der Waals surface area (Å²) in [7, 11) is 0. The van der Waals surface area contributed by atoms with Gasteiger partial charge in [0.25, 0.3) is 0 Å². The highest BCUT2D eigenvalue weighted by atomic mass is 35.5. The largest absolute Gasteiger partial charge is 0.269 e. The van der Waals surface area contributed by atoms with E-state index in [0.29, 0.717) is 5.69 Å². The van der Waals surface area contributed by atoms with Gasteiger partial charge in [-0.3, -0.25) is 5.21 Å². The van der Waals surface area contributed by atoms with E-state index >= 15 is 0 Å². The Kier molecular flexibility index (Phi) is 3.49. The van der Waals surface area contributed by atoms with Crippen LogP contribution < -0.4 is 5.01 Å². The average Bonchev–Trinajstić information content (AvgIpc) is 2.27. The maximum Gasteiger partial charge on any atom is 0.141 e. The number of hydrogen-bond donors (Lipinski definition) is 1. The van der Waals surface area contributed by atoms with Crippen LogP contribution in [0.5, 0.6) is 0 Å². The molecule has 2 rings (SSSR count). The summed E-state index contributed by atoms with van der Waals surface area (Å²) in [4.78, 5) is 0. The van der Waals surface area contributed by atoms with Crippen LogP contribution in [0.3, 0.4) is 0 Å². The van der Waals surface area contributed by atoms with Crippen LogP contribution in [-0.4, -0.2) is 10.4 Å². The molecular formula is C10H6Cl3FN2O. The monoisotopic (exact) mass is 294 g/mol. The summed E-state index contributed by atoms with van der Waals surface area (Å²) in [6.07, 6.45) is 2.59. The van der Waals surface area contributed by atoms with Crippen LogP contribution in [-0.2, 0) is 0 Å². The third-order valence-electron chi connectivity index (χ3n) is 2.08. The summed E-state index contributed by atoms with van der Waals surface area (Å²) >= 11 is 17.2. The molecular weight excluding hydrogens is 289 g/mol. The molecule has 0 amide bonds. The molecule has 0 aromatic heterocycles. The summed E-state index contributed by atoms with van der Waals surface area (Å²) in [6.45, 7) is 0. The van der Waals surface area contributed by atoms with Crippen LogP contribution in [0.15, 0.2) is 40.7 Å². The normalized spacial score (nSPS) is 15.8. The second kappa shape index (κ2) is 4.74. The molecule has 1 aromatic carbocycles. The molecule has 0 unspecified atom stereocenters. The highest BCUT2D eigenvalue weighted by Gasteiger charge is 2.18. The number of halogens is 4. The maximum atomic E-state index is 13.0. The Morgan fingerprint density at radius 3 is 2.35 bits per heavy atom. The lowest BCUT2D eigenvalue weighted by Crippen LogP contribution is -2.34. The van der Waals surface area contributed by atoms with Crippen molar-refractivity contribution in [2.75, 3.05) is 5.01 Å². The topological polar surface area (TPSA) is 26.7 Å². The molecule has 0 saturated carbocycles. The standard InChI is InChI=1S/C10H6Cl3FN2O/c11-7-3-6(1-2-10(7)14)15-4-8(12)9(13)5-16(15)17/h1-5,17H. The molecule has 0 atom stereocenters. The first-order valence-corrected chi connectivity index (χ1v) is 5.60. The van der Waals surface area contributed by atoms with E-state index in [4.69, 9.17) is 34.8 Å². The van der Waals surface area contributed by atoms with E-state index in [1.165, 1.54) is 35.6 Å². The molecule has 1 aliphatic rings. The van der Waals surface area contributed by atoms with Gasteiger partial charge in [0.15, 0.2) is 0 Å². The minimum Gasteiger partial charge on any atom is -0.269 e. The smallest absolute Gasteiger partial charge is 0.141 e. The molecule has 0 bridgehead atoms. The number of anilines is 1. The minimum atomic E-state index is -0.541. The summed E-state index contributed by atoms with van der Waals surface area (Å²) in [5, 5.41) is 12.0. The Bertz CT molecular complexity index is 518. The number of hydrogen-bond acceptors (Lipinski definition) is 3. The van der Waals surface area contributed by atoms with Crippen molar-refractivity contribution in [1.82, 2.24) is 5.17 Å². The molecule has 90 valence electrons. The fourth-order valence-electron chi connectivity index (χ4n) is 1.27. The van der Waals surface area contributed by atoms with Gasteiger partial charge in [0.2, 0.25) is 0 Å². The van der Waals surface area contributed by atoms with Crippen LogP contribution in [0.25, 0.3) is 0 Å². The van der Waals surface area contributed by atoms with Crippen LogP contribution in [0.1, 0.15) is 0 Å². The summed E-state index contributed by atoms with van der Waals surface area (Å²) < 4.78 is 13.0. The first-order chi connectivity index (χ1) is 7.99. The van der Waals surface area contributed by atoms with E-state index in [1.807, 2.05) is 0 Å². The molecule has 1 aliphatic heterocycles. The SMILES string of the molecule is ON1C=C(Cl)C(Cl)=CN1c1ccc(F)c(Cl)c1. The van der Waals surface area contributed by atoms with Crippen LogP contribution in [0.4, 0.5) is 10.1 Å². The summed E-state index contributed by atoms with van der Waals surface area (Å²) in [5.41, 5.74) is 0.442. The lowest BCUT2D eigenvalue weighted by Gasteiger charge is -2.30. The van der Waals surface area contributed by atoms with Crippen LogP contribution >= 0.6 is 34.8 Å². The predicted octanol–water partition coefficient (Wildman–Crippen LogP) is 4.07. The van der Waals surface area contributed by atoms with Crippen molar-refractivity contribution in [3.05, 3.63) is 51.5 Å². The second-order valence-corrected chi connectivity index (χ2v) is 4.44. The van der Waals surface area contributed by atoms with Gasteiger partial charge in [-0.15, -0.1) is 0 Å². The van der Waals surface area contributed by atoms with Gasteiger partial charge < -0.3 is 0 Å². The van der Waals surface area contributed by atoms with Crippen molar-refractivity contribution in [2.24, 2.45) is 0 Å². The molecule has 1 N–H and O–H groups in total. The molecule has 0 fully saturated rings. The lowest BCUT2D eigenvalue weighted by atomic mass is 10.3. The van der Waals surface area contributed by atoms with Crippen molar-refractivity contribution in [3.8, 4) is 0 Å². The van der Waals surface area contributed by atoms with E-state index in [0.717, 1.165) is 5.17 Å². The van der Waals surface area contributed by atoms with E-state index < -0.39 is 5.82 Å². The predicted molar refractivity (Wildman–Crippen MR) is 65.4 cm³/mol. The van der Waals surface area contributed by atoms with Crippen molar-refractivity contribution in [1.29, 1.82) is 0 Å². The molecule has 1 aromatic rings. The average molecular weight is 296 g/mol. The molecule has 0 saturated heterocycles. The lowest BCUT2D eigenvalue weighted by molar-refractivity contribution is -0.0444. The number of hydroxylamine groups is 1. The number of rotatable bonds is 1. The quantitative estimate of drug-likeness (QED) is 0.846. The number of benzene rings is 1. The van der Waals surface area contributed by atoms with Crippen molar-refractivity contribution >= 4 is 40.5 Å². The van der Waals surface area contributed by atoms with Gasteiger partial charge in [-0.1, -0.05) is 34.8 Å². The third kappa shape index (κ3) is 2.50. The molecule has 0 spiro atoms. The second-order valence-electron chi connectivity index (χ2n) is 3.22. The Balaban J connectivity index is 2.38. The van der Waals surface area contributed by atoms with Gasteiger partial charge in [-0.2, -0.15) is 5.17 Å². The Labute approximate surface area is 112 Å². The molecule has 7 heteroatoms. The van der Waals surface area contributed by atoms with E-state index in [-0.39, 0.29) is 15.1 Å².